The lowest BCUT2D eigenvalue weighted by molar-refractivity contribution is 1.23. The standard InChI is InChI=1S/C6HCl2N5/c7-3-4(8)13-6-5(12-3)10-2(1-9)11-6/h(H,10,11,12,13). The molecule has 0 radical (unpaired) electrons. The average molecular weight is 214 g/mol. The molecule has 0 aliphatic heterocycles. The Kier molecular flexibility index (Phi) is 1.79. The van der Waals surface area contributed by atoms with Crippen molar-refractivity contribution in [1.29, 1.82) is 5.26 Å². The van der Waals surface area contributed by atoms with Gasteiger partial charge in [0.25, 0.3) is 0 Å². The Hall–Kier alpha value is -1.38. The lowest BCUT2D eigenvalue weighted by atomic mass is 10.7. The molecule has 0 aliphatic carbocycles. The molecule has 13 heavy (non-hydrogen) atoms. The van der Waals surface area contributed by atoms with Crippen LogP contribution in [-0.4, -0.2) is 19.9 Å². The number of hydrogen-bond acceptors (Lipinski definition) is 4. The van der Waals surface area contributed by atoms with E-state index in [1.807, 2.05) is 6.07 Å². The van der Waals surface area contributed by atoms with Crippen molar-refractivity contribution in [3.63, 3.8) is 0 Å². The van der Waals surface area contributed by atoms with Gasteiger partial charge in [0.1, 0.15) is 6.07 Å². The van der Waals surface area contributed by atoms with Crippen LogP contribution in [0.5, 0.6) is 0 Å². The summed E-state index contributed by atoms with van der Waals surface area (Å²) in [5.41, 5.74) is 0.636. The number of hydrogen-bond donors (Lipinski definition) is 1. The van der Waals surface area contributed by atoms with E-state index in [2.05, 4.69) is 19.9 Å². The summed E-state index contributed by atoms with van der Waals surface area (Å²) >= 11 is 11.2. The molecule has 64 valence electrons. The largest absolute Gasteiger partial charge is 0.313 e. The van der Waals surface area contributed by atoms with Gasteiger partial charge in [-0.1, -0.05) is 23.2 Å². The molecule has 0 saturated heterocycles. The first-order valence-corrected chi connectivity index (χ1v) is 3.95. The van der Waals surface area contributed by atoms with Gasteiger partial charge in [-0.25, -0.2) is 9.97 Å². The molecule has 0 saturated carbocycles. The maximum absolute atomic E-state index is 8.51. The molecule has 0 bridgehead atoms. The minimum atomic E-state index is 0.0742. The highest BCUT2D eigenvalue weighted by Crippen LogP contribution is 2.19. The van der Waals surface area contributed by atoms with Crippen molar-refractivity contribution in [3.05, 3.63) is 16.1 Å². The molecule has 2 aromatic rings. The lowest BCUT2D eigenvalue weighted by Gasteiger charge is -1.90. The molecule has 1 N–H and O–H groups in total. The van der Waals surface area contributed by atoms with E-state index in [1.54, 1.807) is 0 Å². The number of nitrogens with one attached hydrogen (secondary N) is 1. The van der Waals surface area contributed by atoms with Crippen molar-refractivity contribution >= 4 is 34.5 Å². The molecular weight excluding hydrogens is 213 g/mol. The summed E-state index contributed by atoms with van der Waals surface area (Å²) in [4.78, 5) is 14.1. The van der Waals surface area contributed by atoms with Gasteiger partial charge < -0.3 is 4.98 Å². The van der Waals surface area contributed by atoms with Crippen LogP contribution < -0.4 is 0 Å². The van der Waals surface area contributed by atoms with E-state index in [0.717, 1.165) is 0 Å². The lowest BCUT2D eigenvalue weighted by Crippen LogP contribution is -1.84. The van der Waals surface area contributed by atoms with Gasteiger partial charge in [0.05, 0.1) is 0 Å². The fourth-order valence-corrected chi connectivity index (χ4v) is 1.10. The van der Waals surface area contributed by atoms with Gasteiger partial charge in [-0.15, -0.1) is 0 Å². The topological polar surface area (TPSA) is 78.2 Å². The van der Waals surface area contributed by atoms with Crippen LogP contribution >= 0.6 is 23.2 Å². The Morgan fingerprint density at radius 1 is 1.15 bits per heavy atom. The number of H-pyrrole nitrogens is 1. The van der Waals surface area contributed by atoms with E-state index >= 15 is 0 Å². The summed E-state index contributed by atoms with van der Waals surface area (Å²) in [5.74, 6) is 0.133. The monoisotopic (exact) mass is 213 g/mol. The van der Waals surface area contributed by atoms with E-state index in [0.29, 0.717) is 5.65 Å². The molecule has 2 aromatic heterocycles. The fourth-order valence-electron chi connectivity index (χ4n) is 0.847. The highest BCUT2D eigenvalue weighted by molar-refractivity contribution is 6.40. The van der Waals surface area contributed by atoms with Crippen molar-refractivity contribution in [2.75, 3.05) is 0 Å². The summed E-state index contributed by atoms with van der Waals surface area (Å²) in [6.45, 7) is 0. The highest BCUT2D eigenvalue weighted by Gasteiger charge is 2.08. The predicted octanol–water partition coefficient (Wildman–Crippen LogP) is 1.53. The zero-order valence-electron chi connectivity index (χ0n) is 6.04. The minimum absolute atomic E-state index is 0.0742. The Morgan fingerprint density at radius 2 is 1.85 bits per heavy atom. The third kappa shape index (κ3) is 1.30. The fraction of sp³-hybridized carbons (Fsp3) is 0. The molecule has 2 rings (SSSR count). The molecule has 0 unspecified atom stereocenters. The van der Waals surface area contributed by atoms with Crippen LogP contribution in [0, 0.1) is 11.3 Å². The summed E-state index contributed by atoms with van der Waals surface area (Å²) < 4.78 is 0. The van der Waals surface area contributed by atoms with Gasteiger partial charge in [0.15, 0.2) is 21.6 Å². The smallest absolute Gasteiger partial charge is 0.213 e. The SMILES string of the molecule is N#Cc1nc2nc(Cl)c(Cl)nc2[nH]1. The average Bonchev–Trinajstić information content (AvgIpc) is 2.48. The Labute approximate surface area is 82.3 Å². The summed E-state index contributed by atoms with van der Waals surface area (Å²) in [6.07, 6.45) is 0. The number of imidazole rings is 1. The van der Waals surface area contributed by atoms with Gasteiger partial charge in [0.2, 0.25) is 5.82 Å². The second-order valence-corrected chi connectivity index (χ2v) is 2.89. The number of rotatable bonds is 0. The summed E-state index contributed by atoms with van der Waals surface area (Å²) in [6, 6.07) is 1.82. The Morgan fingerprint density at radius 3 is 2.54 bits per heavy atom. The van der Waals surface area contributed by atoms with E-state index in [4.69, 9.17) is 28.5 Å². The van der Waals surface area contributed by atoms with E-state index < -0.39 is 0 Å². The third-order valence-electron chi connectivity index (χ3n) is 1.36. The number of aromatic amines is 1. The third-order valence-corrected chi connectivity index (χ3v) is 1.98. The van der Waals surface area contributed by atoms with Gasteiger partial charge in [-0.05, 0) is 0 Å². The first-order valence-electron chi connectivity index (χ1n) is 3.19. The molecule has 5 nitrogen and oxygen atoms in total. The quantitative estimate of drug-likeness (QED) is 0.721. The number of nitriles is 1. The molecule has 0 atom stereocenters. The predicted molar refractivity (Wildman–Crippen MR) is 46.4 cm³/mol. The van der Waals surface area contributed by atoms with E-state index in [9.17, 15) is 0 Å². The molecule has 2 heterocycles. The maximum atomic E-state index is 8.51. The molecule has 0 spiro atoms. The van der Waals surface area contributed by atoms with Crippen molar-refractivity contribution in [2.45, 2.75) is 0 Å². The summed E-state index contributed by atoms with van der Waals surface area (Å²) in [7, 11) is 0. The molecule has 7 heteroatoms. The van der Waals surface area contributed by atoms with E-state index in [-0.39, 0.29) is 21.8 Å². The second-order valence-electron chi connectivity index (χ2n) is 2.17. The normalized spacial score (nSPS) is 10.2. The van der Waals surface area contributed by atoms with Crippen LogP contribution in [0.1, 0.15) is 5.82 Å². The van der Waals surface area contributed by atoms with Gasteiger partial charge in [0, 0.05) is 0 Å². The van der Waals surface area contributed by atoms with Crippen LogP contribution in [-0.2, 0) is 0 Å². The van der Waals surface area contributed by atoms with Gasteiger partial charge in [-0.3, -0.25) is 0 Å². The van der Waals surface area contributed by atoms with Crippen molar-refractivity contribution in [1.82, 2.24) is 19.9 Å². The molecule has 0 aliphatic rings. The first-order chi connectivity index (χ1) is 6.20. The number of halogens is 2. The van der Waals surface area contributed by atoms with Crippen LogP contribution in [0.2, 0.25) is 10.3 Å². The number of nitrogens with zero attached hydrogens (tertiary/aromatic N) is 4. The summed E-state index contributed by atoms with van der Waals surface area (Å²) in [5, 5.41) is 8.67. The van der Waals surface area contributed by atoms with Crippen molar-refractivity contribution < 1.29 is 0 Å². The molecular formula is C6HCl2N5. The van der Waals surface area contributed by atoms with Crippen LogP contribution in [0.15, 0.2) is 0 Å². The zero-order valence-corrected chi connectivity index (χ0v) is 7.56. The minimum Gasteiger partial charge on any atom is -0.313 e. The van der Waals surface area contributed by atoms with Crippen molar-refractivity contribution in [3.8, 4) is 6.07 Å². The zero-order chi connectivity index (χ0) is 9.42. The van der Waals surface area contributed by atoms with E-state index in [1.165, 1.54) is 0 Å². The Balaban J connectivity index is 2.79. The Bertz CT molecular complexity index is 472. The molecule has 0 aromatic carbocycles. The van der Waals surface area contributed by atoms with Crippen molar-refractivity contribution in [2.24, 2.45) is 0 Å². The number of aromatic nitrogens is 4. The van der Waals surface area contributed by atoms with Crippen LogP contribution in [0.25, 0.3) is 11.3 Å². The second kappa shape index (κ2) is 2.83. The van der Waals surface area contributed by atoms with Crippen LogP contribution in [0.4, 0.5) is 0 Å². The first kappa shape index (κ1) is 8.23. The number of fused-ring (bicyclic) bond motifs is 1. The maximum Gasteiger partial charge on any atom is 0.213 e. The molecule has 0 amide bonds. The van der Waals surface area contributed by atoms with Gasteiger partial charge >= 0.3 is 0 Å². The van der Waals surface area contributed by atoms with Gasteiger partial charge in [-0.2, -0.15) is 10.2 Å². The highest BCUT2D eigenvalue weighted by atomic mass is 35.5. The molecule has 0 fully saturated rings. The van der Waals surface area contributed by atoms with Crippen LogP contribution in [0.3, 0.4) is 0 Å².